The van der Waals surface area contributed by atoms with E-state index >= 15 is 0 Å². The fraction of sp³-hybridized carbons (Fsp3) is 0.286. The number of amides is 2. The number of ether oxygens (including phenoxy) is 1. The van der Waals surface area contributed by atoms with Crippen molar-refractivity contribution in [3.63, 3.8) is 0 Å². The van der Waals surface area contributed by atoms with Crippen LogP contribution in [-0.2, 0) is 19.1 Å². The standard InChI is InChI=1S/C21H20N2O4/c1-27-21(26)19(23-20(25)16-10-11-17(24)22-16)18-14-8-4-2-6-12(14)13-7-3-5-9-15(13)18/h2-9,16,18-19H,10-11H2,1H3,(H,22,24)(H,23,25)/t16-,19-/m0/s1. The van der Waals surface area contributed by atoms with Gasteiger partial charge in [0.05, 0.1) is 7.11 Å². The molecule has 2 aliphatic rings. The van der Waals surface area contributed by atoms with Crippen molar-refractivity contribution in [3.8, 4) is 11.1 Å². The van der Waals surface area contributed by atoms with Crippen molar-refractivity contribution in [2.75, 3.05) is 7.11 Å². The largest absolute Gasteiger partial charge is 0.467 e. The number of carbonyl (C=O) groups excluding carboxylic acids is 3. The van der Waals surface area contributed by atoms with Crippen molar-refractivity contribution in [2.45, 2.75) is 30.8 Å². The first-order valence-corrected chi connectivity index (χ1v) is 8.96. The van der Waals surface area contributed by atoms with Gasteiger partial charge in [0.1, 0.15) is 12.1 Å². The Hall–Kier alpha value is -3.15. The molecule has 0 radical (unpaired) electrons. The Morgan fingerprint density at radius 2 is 1.67 bits per heavy atom. The molecular weight excluding hydrogens is 344 g/mol. The van der Waals surface area contributed by atoms with Crippen molar-refractivity contribution < 1.29 is 19.1 Å². The number of benzene rings is 2. The molecule has 6 nitrogen and oxygen atoms in total. The average Bonchev–Trinajstić information content (AvgIpc) is 3.27. The van der Waals surface area contributed by atoms with Gasteiger partial charge in [-0.05, 0) is 28.7 Å². The molecule has 138 valence electrons. The lowest BCUT2D eigenvalue weighted by Gasteiger charge is -2.25. The summed E-state index contributed by atoms with van der Waals surface area (Å²) < 4.78 is 5.00. The molecule has 0 saturated carbocycles. The van der Waals surface area contributed by atoms with E-state index in [9.17, 15) is 14.4 Å². The zero-order chi connectivity index (χ0) is 19.0. The predicted molar refractivity (Wildman–Crippen MR) is 98.8 cm³/mol. The Bertz CT molecular complexity index is 878. The second kappa shape index (κ2) is 6.87. The van der Waals surface area contributed by atoms with Gasteiger partial charge in [-0.3, -0.25) is 9.59 Å². The van der Waals surface area contributed by atoms with Gasteiger partial charge in [0.15, 0.2) is 0 Å². The third-order valence-electron chi connectivity index (χ3n) is 5.28. The molecule has 1 heterocycles. The molecule has 0 spiro atoms. The fourth-order valence-corrected chi connectivity index (χ4v) is 4.02. The van der Waals surface area contributed by atoms with E-state index in [2.05, 4.69) is 10.6 Å². The molecule has 2 amide bonds. The maximum atomic E-state index is 12.7. The van der Waals surface area contributed by atoms with E-state index in [1.54, 1.807) is 0 Å². The summed E-state index contributed by atoms with van der Waals surface area (Å²) in [6.45, 7) is 0. The molecule has 27 heavy (non-hydrogen) atoms. The normalized spacial score (nSPS) is 19.0. The molecule has 2 aromatic rings. The lowest BCUT2D eigenvalue weighted by molar-refractivity contribution is -0.145. The molecule has 1 fully saturated rings. The van der Waals surface area contributed by atoms with Crippen LogP contribution in [0.1, 0.15) is 29.9 Å². The lowest BCUT2D eigenvalue weighted by Crippen LogP contribution is -2.51. The predicted octanol–water partition coefficient (Wildman–Crippen LogP) is 1.74. The molecule has 0 aromatic heterocycles. The van der Waals surface area contributed by atoms with E-state index in [0.717, 1.165) is 22.3 Å². The molecule has 1 aliphatic carbocycles. The van der Waals surface area contributed by atoms with Gasteiger partial charge in [-0.2, -0.15) is 0 Å². The lowest BCUT2D eigenvalue weighted by atomic mass is 9.89. The monoisotopic (exact) mass is 364 g/mol. The molecule has 6 heteroatoms. The van der Waals surface area contributed by atoms with Crippen molar-refractivity contribution in [2.24, 2.45) is 0 Å². The maximum Gasteiger partial charge on any atom is 0.329 e. The number of rotatable bonds is 4. The molecule has 1 saturated heterocycles. The third-order valence-corrected chi connectivity index (χ3v) is 5.28. The summed E-state index contributed by atoms with van der Waals surface area (Å²) in [7, 11) is 1.31. The number of fused-ring (bicyclic) bond motifs is 3. The first-order valence-electron chi connectivity index (χ1n) is 8.96. The molecular formula is C21H20N2O4. The Morgan fingerprint density at radius 1 is 1.07 bits per heavy atom. The minimum atomic E-state index is -0.871. The van der Waals surface area contributed by atoms with Crippen LogP contribution in [0.4, 0.5) is 0 Å². The zero-order valence-corrected chi connectivity index (χ0v) is 14.9. The summed E-state index contributed by atoms with van der Waals surface area (Å²) in [6.07, 6.45) is 0.743. The van der Waals surface area contributed by atoms with E-state index in [0.29, 0.717) is 12.8 Å². The molecule has 2 aromatic carbocycles. The van der Waals surface area contributed by atoms with Crippen LogP contribution in [-0.4, -0.2) is 37.0 Å². The number of hydrogen-bond donors (Lipinski definition) is 2. The van der Waals surface area contributed by atoms with E-state index < -0.39 is 18.1 Å². The number of carbonyl (C=O) groups is 3. The first kappa shape index (κ1) is 17.3. The number of hydrogen-bond acceptors (Lipinski definition) is 4. The fourth-order valence-electron chi connectivity index (χ4n) is 4.02. The van der Waals surface area contributed by atoms with Crippen LogP contribution in [0, 0.1) is 0 Å². The van der Waals surface area contributed by atoms with E-state index in [1.165, 1.54) is 7.11 Å². The highest BCUT2D eigenvalue weighted by Gasteiger charge is 2.40. The zero-order valence-electron chi connectivity index (χ0n) is 14.9. The Balaban J connectivity index is 1.71. The Labute approximate surface area is 156 Å². The van der Waals surface area contributed by atoms with Crippen molar-refractivity contribution in [1.29, 1.82) is 0 Å². The van der Waals surface area contributed by atoms with Crippen LogP contribution in [0.2, 0.25) is 0 Å². The molecule has 2 atom stereocenters. The van der Waals surface area contributed by atoms with Crippen LogP contribution >= 0.6 is 0 Å². The van der Waals surface area contributed by atoms with Crippen molar-refractivity contribution in [1.82, 2.24) is 10.6 Å². The summed E-state index contributed by atoms with van der Waals surface area (Å²) in [4.78, 5) is 36.7. The first-order chi connectivity index (χ1) is 13.1. The quantitative estimate of drug-likeness (QED) is 0.810. The number of esters is 1. The summed E-state index contributed by atoms with van der Waals surface area (Å²) in [5.74, 6) is -1.37. The molecule has 1 aliphatic heterocycles. The highest BCUT2D eigenvalue weighted by atomic mass is 16.5. The number of methoxy groups -OCH3 is 1. The van der Waals surface area contributed by atoms with Gasteiger partial charge in [-0.1, -0.05) is 48.5 Å². The SMILES string of the molecule is COC(=O)[C@@H](NC(=O)[C@@H]1CCC(=O)N1)C1c2ccccc2-c2ccccc21. The van der Waals surface area contributed by atoms with Gasteiger partial charge in [0.25, 0.3) is 0 Å². The van der Waals surface area contributed by atoms with E-state index in [1.807, 2.05) is 48.5 Å². The van der Waals surface area contributed by atoms with Crippen molar-refractivity contribution in [3.05, 3.63) is 59.7 Å². The highest BCUT2D eigenvalue weighted by Crippen LogP contribution is 2.46. The average molecular weight is 364 g/mol. The van der Waals surface area contributed by atoms with Crippen LogP contribution in [0.5, 0.6) is 0 Å². The smallest absolute Gasteiger partial charge is 0.329 e. The van der Waals surface area contributed by atoms with E-state index in [4.69, 9.17) is 4.74 Å². The van der Waals surface area contributed by atoms with Gasteiger partial charge >= 0.3 is 5.97 Å². The van der Waals surface area contributed by atoms with Crippen LogP contribution in [0.15, 0.2) is 48.5 Å². The second-order valence-corrected chi connectivity index (χ2v) is 6.82. The summed E-state index contributed by atoms with van der Waals surface area (Å²) >= 11 is 0. The summed E-state index contributed by atoms with van der Waals surface area (Å²) in [6, 6.07) is 14.2. The van der Waals surface area contributed by atoms with Gasteiger partial charge < -0.3 is 15.4 Å². The van der Waals surface area contributed by atoms with Crippen LogP contribution in [0.25, 0.3) is 11.1 Å². The minimum Gasteiger partial charge on any atom is -0.467 e. The molecule has 2 N–H and O–H groups in total. The van der Waals surface area contributed by atoms with Crippen LogP contribution in [0.3, 0.4) is 0 Å². The molecule has 0 unspecified atom stereocenters. The molecule has 4 rings (SSSR count). The third kappa shape index (κ3) is 2.97. The maximum absolute atomic E-state index is 12.7. The van der Waals surface area contributed by atoms with Crippen LogP contribution < -0.4 is 10.6 Å². The summed E-state index contributed by atoms with van der Waals surface area (Å²) in [5.41, 5.74) is 4.06. The topological polar surface area (TPSA) is 84.5 Å². The van der Waals surface area contributed by atoms with E-state index in [-0.39, 0.29) is 17.7 Å². The Kier molecular flexibility index (Phi) is 4.39. The Morgan fingerprint density at radius 3 is 2.19 bits per heavy atom. The van der Waals surface area contributed by atoms with Gasteiger partial charge in [-0.15, -0.1) is 0 Å². The molecule has 0 bridgehead atoms. The summed E-state index contributed by atoms with van der Waals surface area (Å²) in [5, 5.41) is 5.47. The van der Waals surface area contributed by atoms with Crippen molar-refractivity contribution >= 4 is 17.8 Å². The van der Waals surface area contributed by atoms with Gasteiger partial charge in [0.2, 0.25) is 11.8 Å². The minimum absolute atomic E-state index is 0.152. The second-order valence-electron chi connectivity index (χ2n) is 6.82. The van der Waals surface area contributed by atoms with Gasteiger partial charge in [-0.25, -0.2) is 4.79 Å². The highest BCUT2D eigenvalue weighted by molar-refractivity contribution is 5.94. The van der Waals surface area contributed by atoms with Gasteiger partial charge in [0, 0.05) is 12.3 Å². The number of nitrogens with one attached hydrogen (secondary N) is 2.